The van der Waals surface area contributed by atoms with E-state index in [2.05, 4.69) is 52.7 Å². The van der Waals surface area contributed by atoms with Crippen molar-refractivity contribution < 1.29 is 4.79 Å². The van der Waals surface area contributed by atoms with E-state index in [9.17, 15) is 4.79 Å². The molecule has 3 aliphatic rings. The van der Waals surface area contributed by atoms with Gasteiger partial charge in [0.05, 0.1) is 5.92 Å². The van der Waals surface area contributed by atoms with Crippen LogP contribution in [0.25, 0.3) is 10.8 Å². The van der Waals surface area contributed by atoms with Gasteiger partial charge in [-0.3, -0.25) is 9.69 Å². The number of benzene rings is 2. The minimum Gasteiger partial charge on any atom is -0.353 e. The molecule has 0 radical (unpaired) electrons. The van der Waals surface area contributed by atoms with Gasteiger partial charge < -0.3 is 5.32 Å². The highest BCUT2D eigenvalue weighted by atomic mass is 16.2. The zero-order valence-corrected chi connectivity index (χ0v) is 16.1. The maximum Gasteiger partial charge on any atom is 0.224 e. The molecular formula is C24H30N2O. The summed E-state index contributed by atoms with van der Waals surface area (Å²) in [5, 5.41) is 6.07. The van der Waals surface area contributed by atoms with Crippen LogP contribution in [0.3, 0.4) is 0 Å². The lowest BCUT2D eigenvalue weighted by Gasteiger charge is -2.33. The lowest BCUT2D eigenvalue weighted by Crippen LogP contribution is -2.47. The van der Waals surface area contributed by atoms with Crippen molar-refractivity contribution in [2.75, 3.05) is 13.1 Å². The summed E-state index contributed by atoms with van der Waals surface area (Å²) in [7, 11) is 0. The van der Waals surface area contributed by atoms with Gasteiger partial charge in [0.25, 0.3) is 0 Å². The second kappa shape index (κ2) is 7.27. The number of fused-ring (bicyclic) bond motifs is 3. The van der Waals surface area contributed by atoms with Crippen molar-refractivity contribution in [3.05, 3.63) is 48.0 Å². The normalized spacial score (nSPS) is 30.7. The average molecular weight is 363 g/mol. The minimum absolute atomic E-state index is 0.160. The molecule has 1 heterocycles. The first-order chi connectivity index (χ1) is 13.3. The molecule has 4 atom stereocenters. The summed E-state index contributed by atoms with van der Waals surface area (Å²) in [6, 6.07) is 15.7. The summed E-state index contributed by atoms with van der Waals surface area (Å²) in [6.07, 6.45) is 7.46. The third kappa shape index (κ3) is 3.50. The zero-order valence-electron chi connectivity index (χ0n) is 16.1. The van der Waals surface area contributed by atoms with Gasteiger partial charge in [-0.15, -0.1) is 0 Å². The summed E-state index contributed by atoms with van der Waals surface area (Å²) < 4.78 is 0. The Morgan fingerprint density at radius 3 is 2.78 bits per heavy atom. The number of hydrogen-bond acceptors (Lipinski definition) is 2. The SMILES string of the molecule is O=C(NC1CC2CCC1C2)C1CCCN(Cc2cccc3ccccc23)C1. The van der Waals surface area contributed by atoms with E-state index in [0.717, 1.165) is 44.3 Å². The lowest BCUT2D eigenvalue weighted by molar-refractivity contribution is -0.127. The summed E-state index contributed by atoms with van der Waals surface area (Å²) in [6.45, 7) is 2.94. The molecule has 2 aromatic rings. The number of carbonyl (C=O) groups excluding carboxylic acids is 1. The molecule has 27 heavy (non-hydrogen) atoms. The van der Waals surface area contributed by atoms with Gasteiger partial charge in [0.2, 0.25) is 5.91 Å². The standard InChI is InChI=1S/C24H30N2O/c27-24(25-23-14-17-10-11-19(23)13-17)21-8-4-12-26(16-21)15-20-7-3-6-18-5-1-2-9-22(18)20/h1-3,5-7,9,17,19,21,23H,4,8,10-16H2,(H,25,27). The quantitative estimate of drug-likeness (QED) is 0.877. The molecule has 1 aliphatic heterocycles. The first kappa shape index (κ1) is 17.2. The fraction of sp³-hybridized carbons (Fsp3) is 0.542. The maximum absolute atomic E-state index is 12.9. The van der Waals surface area contributed by atoms with Gasteiger partial charge in [-0.25, -0.2) is 0 Å². The van der Waals surface area contributed by atoms with Crippen LogP contribution in [0.5, 0.6) is 0 Å². The second-order valence-electron chi connectivity index (χ2n) is 9.00. The Kier molecular flexibility index (Phi) is 4.65. The zero-order chi connectivity index (χ0) is 18.2. The van der Waals surface area contributed by atoms with Gasteiger partial charge in [-0.05, 0) is 66.8 Å². The molecule has 1 N–H and O–H groups in total. The van der Waals surface area contributed by atoms with Crippen molar-refractivity contribution >= 4 is 16.7 Å². The second-order valence-corrected chi connectivity index (χ2v) is 9.00. The van der Waals surface area contributed by atoms with Crippen LogP contribution < -0.4 is 5.32 Å². The van der Waals surface area contributed by atoms with Gasteiger partial charge in [0.1, 0.15) is 0 Å². The van der Waals surface area contributed by atoms with Crippen molar-refractivity contribution in [3.8, 4) is 0 Å². The summed E-state index contributed by atoms with van der Waals surface area (Å²) >= 11 is 0. The topological polar surface area (TPSA) is 32.3 Å². The molecular weight excluding hydrogens is 332 g/mol. The van der Waals surface area contributed by atoms with E-state index in [0.29, 0.717) is 11.9 Å². The third-order valence-electron chi connectivity index (χ3n) is 7.22. The monoisotopic (exact) mass is 362 g/mol. The molecule has 2 saturated carbocycles. The van der Waals surface area contributed by atoms with Crippen LogP contribution in [0.4, 0.5) is 0 Å². The van der Waals surface area contributed by atoms with E-state index >= 15 is 0 Å². The van der Waals surface area contributed by atoms with Crippen molar-refractivity contribution in [2.45, 2.75) is 51.1 Å². The summed E-state index contributed by atoms with van der Waals surface area (Å²) in [5.41, 5.74) is 1.38. The third-order valence-corrected chi connectivity index (χ3v) is 7.22. The lowest BCUT2D eigenvalue weighted by atomic mass is 9.92. The molecule has 5 rings (SSSR count). The van der Waals surface area contributed by atoms with Crippen molar-refractivity contribution in [2.24, 2.45) is 17.8 Å². The van der Waals surface area contributed by atoms with Gasteiger partial charge in [-0.2, -0.15) is 0 Å². The predicted molar refractivity (Wildman–Crippen MR) is 109 cm³/mol. The van der Waals surface area contributed by atoms with E-state index in [1.54, 1.807) is 0 Å². The average Bonchev–Trinajstić information content (AvgIpc) is 3.32. The number of hydrogen-bond donors (Lipinski definition) is 1. The van der Waals surface area contributed by atoms with E-state index in [1.807, 2.05) is 0 Å². The van der Waals surface area contributed by atoms with Crippen molar-refractivity contribution in [3.63, 3.8) is 0 Å². The highest BCUT2D eigenvalue weighted by Gasteiger charge is 2.41. The molecule has 3 fully saturated rings. The van der Waals surface area contributed by atoms with Gasteiger partial charge in [0, 0.05) is 19.1 Å². The Balaban J connectivity index is 1.23. The number of likely N-dealkylation sites (tertiary alicyclic amines) is 1. The number of rotatable bonds is 4. The number of nitrogens with one attached hydrogen (secondary N) is 1. The van der Waals surface area contributed by atoms with Crippen molar-refractivity contribution in [1.29, 1.82) is 0 Å². The summed E-state index contributed by atoms with van der Waals surface area (Å²) in [5.74, 6) is 2.12. The Labute approximate surface area is 162 Å². The van der Waals surface area contributed by atoms with Crippen LogP contribution in [0.15, 0.2) is 42.5 Å². The fourth-order valence-electron chi connectivity index (χ4n) is 5.81. The molecule has 0 spiro atoms. The molecule has 3 nitrogen and oxygen atoms in total. The number of piperidine rings is 1. The van der Waals surface area contributed by atoms with E-state index in [1.165, 1.54) is 42.0 Å². The first-order valence-electron chi connectivity index (χ1n) is 10.8. The smallest absolute Gasteiger partial charge is 0.224 e. The Morgan fingerprint density at radius 2 is 1.93 bits per heavy atom. The molecule has 2 aliphatic carbocycles. The predicted octanol–water partition coefficient (Wildman–Crippen LogP) is 4.36. The van der Waals surface area contributed by atoms with Crippen LogP contribution in [-0.4, -0.2) is 29.9 Å². The molecule has 0 aromatic heterocycles. The van der Waals surface area contributed by atoms with E-state index in [-0.39, 0.29) is 5.92 Å². The van der Waals surface area contributed by atoms with Gasteiger partial charge in [0.15, 0.2) is 0 Å². The van der Waals surface area contributed by atoms with Gasteiger partial charge >= 0.3 is 0 Å². The number of carbonyl (C=O) groups is 1. The molecule has 1 amide bonds. The minimum atomic E-state index is 0.160. The van der Waals surface area contributed by atoms with Crippen LogP contribution in [0.1, 0.15) is 44.1 Å². The Morgan fingerprint density at radius 1 is 1.04 bits per heavy atom. The van der Waals surface area contributed by atoms with Crippen LogP contribution in [0.2, 0.25) is 0 Å². The van der Waals surface area contributed by atoms with Crippen LogP contribution >= 0.6 is 0 Å². The molecule has 4 unspecified atom stereocenters. The Bertz CT molecular complexity index is 827. The van der Waals surface area contributed by atoms with Crippen LogP contribution in [-0.2, 0) is 11.3 Å². The molecule has 2 bridgehead atoms. The van der Waals surface area contributed by atoms with E-state index in [4.69, 9.17) is 0 Å². The first-order valence-corrected chi connectivity index (χ1v) is 10.8. The highest BCUT2D eigenvalue weighted by molar-refractivity contribution is 5.85. The summed E-state index contributed by atoms with van der Waals surface area (Å²) in [4.78, 5) is 15.4. The highest BCUT2D eigenvalue weighted by Crippen LogP contribution is 2.44. The maximum atomic E-state index is 12.9. The number of amides is 1. The largest absolute Gasteiger partial charge is 0.353 e. The Hall–Kier alpha value is -1.87. The molecule has 2 aromatic carbocycles. The molecule has 1 saturated heterocycles. The molecule has 3 heteroatoms. The molecule has 142 valence electrons. The van der Waals surface area contributed by atoms with E-state index < -0.39 is 0 Å². The van der Waals surface area contributed by atoms with Crippen molar-refractivity contribution in [1.82, 2.24) is 10.2 Å². The number of nitrogens with zero attached hydrogens (tertiary/aromatic N) is 1. The van der Waals surface area contributed by atoms with Crippen LogP contribution in [0, 0.1) is 17.8 Å². The fourth-order valence-corrected chi connectivity index (χ4v) is 5.81. The van der Waals surface area contributed by atoms with Gasteiger partial charge in [-0.1, -0.05) is 48.9 Å².